The van der Waals surface area contributed by atoms with Crippen LogP contribution in [0.15, 0.2) is 149 Å². The van der Waals surface area contributed by atoms with E-state index in [1.54, 1.807) is 0 Å². The smallest absolute Gasteiger partial charge is 0.159 e. The highest BCUT2D eigenvalue weighted by Gasteiger charge is 2.38. The lowest BCUT2D eigenvalue weighted by molar-refractivity contribution is 0.666. The Morgan fingerprint density at radius 3 is 2.40 bits per heavy atom. The van der Waals surface area contributed by atoms with Gasteiger partial charge in [-0.25, -0.2) is 0 Å². The van der Waals surface area contributed by atoms with Gasteiger partial charge < -0.3 is 13.9 Å². The molecule has 5 nitrogen and oxygen atoms in total. The van der Waals surface area contributed by atoms with Gasteiger partial charge in [0.15, 0.2) is 5.58 Å². The molecule has 3 aromatic heterocycles. The van der Waals surface area contributed by atoms with E-state index in [0.29, 0.717) is 0 Å². The summed E-state index contributed by atoms with van der Waals surface area (Å²) in [6, 6.07) is 43.2. The molecular formula is C40H26N4O. The van der Waals surface area contributed by atoms with Gasteiger partial charge in [0.1, 0.15) is 11.6 Å². The molecule has 212 valence electrons. The Morgan fingerprint density at radius 2 is 1.47 bits per heavy atom. The maximum Gasteiger partial charge on any atom is 0.159 e. The minimum atomic E-state index is 0.0338. The number of benzene rings is 5. The van der Waals surface area contributed by atoms with Crippen LogP contribution in [-0.4, -0.2) is 21.8 Å². The Morgan fingerprint density at radius 1 is 0.644 bits per heavy atom. The molecule has 0 radical (unpaired) electrons. The summed E-state index contributed by atoms with van der Waals surface area (Å²) in [7, 11) is 0. The van der Waals surface area contributed by atoms with E-state index < -0.39 is 0 Å². The second-order valence-electron chi connectivity index (χ2n) is 11.8. The summed E-state index contributed by atoms with van der Waals surface area (Å²) in [6.45, 7) is 0. The number of furan rings is 1. The first-order valence-electron chi connectivity index (χ1n) is 15.3. The molecule has 0 amide bonds. The number of para-hydroxylation sites is 3. The second kappa shape index (κ2) is 9.28. The molecule has 2 aliphatic heterocycles. The third kappa shape index (κ3) is 3.49. The number of aromatic nitrogens is 2. The molecule has 2 unspecified atom stereocenters. The lowest BCUT2D eigenvalue weighted by Crippen LogP contribution is -2.28. The first-order chi connectivity index (χ1) is 22.3. The molecule has 0 fully saturated rings. The van der Waals surface area contributed by atoms with Crippen LogP contribution in [0.25, 0.3) is 60.7 Å². The van der Waals surface area contributed by atoms with Crippen LogP contribution in [0.5, 0.6) is 0 Å². The summed E-state index contributed by atoms with van der Waals surface area (Å²) >= 11 is 0. The van der Waals surface area contributed by atoms with Crippen molar-refractivity contribution in [2.45, 2.75) is 12.1 Å². The van der Waals surface area contributed by atoms with Crippen molar-refractivity contribution < 1.29 is 4.42 Å². The van der Waals surface area contributed by atoms with Crippen molar-refractivity contribution in [3.05, 3.63) is 145 Å². The van der Waals surface area contributed by atoms with E-state index in [4.69, 9.17) is 14.4 Å². The van der Waals surface area contributed by atoms with Gasteiger partial charge in [-0.15, -0.1) is 0 Å². The molecule has 0 N–H and O–H groups in total. The molecule has 0 bridgehead atoms. The van der Waals surface area contributed by atoms with Crippen LogP contribution in [0.3, 0.4) is 0 Å². The van der Waals surface area contributed by atoms with Crippen LogP contribution in [-0.2, 0) is 0 Å². The van der Waals surface area contributed by atoms with Gasteiger partial charge in [-0.2, -0.15) is 0 Å². The zero-order chi connectivity index (χ0) is 29.5. The molecule has 0 saturated carbocycles. The molecule has 8 aromatic rings. The summed E-state index contributed by atoms with van der Waals surface area (Å²) in [5.41, 5.74) is 11.8. The number of anilines is 2. The minimum absolute atomic E-state index is 0.0338. The van der Waals surface area contributed by atoms with Crippen molar-refractivity contribution in [3.63, 3.8) is 0 Å². The monoisotopic (exact) mass is 578 g/mol. The van der Waals surface area contributed by atoms with Crippen LogP contribution in [0, 0.1) is 0 Å². The van der Waals surface area contributed by atoms with Gasteiger partial charge in [-0.05, 0) is 77.9 Å². The number of hydrogen-bond donors (Lipinski definition) is 0. The third-order valence-corrected chi connectivity index (χ3v) is 9.36. The zero-order valence-corrected chi connectivity index (χ0v) is 24.2. The topological polar surface area (TPSA) is 46.6 Å². The standard InChI is InChI=1S/C40H26N4O/c1-2-10-27(11-3-1)43-33-19-18-25(22-31(33)39-34(43)15-8-21-42-39)26-23-30-28-12-5-7-17-37(28)45-40(30)36(24-26)44-32-14-6-4-13-29(32)38-35(44)16-9-20-41-38/h1-24,34,39H. The van der Waals surface area contributed by atoms with Crippen LogP contribution in [0.1, 0.15) is 11.6 Å². The minimum Gasteiger partial charge on any atom is -0.454 e. The number of rotatable bonds is 3. The SMILES string of the molecule is C1=CC2C(N=C1)c1cc(-c3cc(-n4c5ccccc5c5ncccc54)c4oc5ccccc5c4c3)ccc1N2c1ccccc1. The molecule has 0 spiro atoms. The molecule has 2 atom stereocenters. The number of dihydropyridines is 1. The van der Waals surface area contributed by atoms with E-state index in [9.17, 15) is 0 Å². The Bertz CT molecular complexity index is 2470. The van der Waals surface area contributed by atoms with Crippen molar-refractivity contribution in [2.24, 2.45) is 4.99 Å². The lowest BCUT2D eigenvalue weighted by Gasteiger charge is -2.28. The number of hydrogen-bond acceptors (Lipinski definition) is 4. The normalized spacial score (nSPS) is 17.1. The number of fused-ring (bicyclic) bond motifs is 9. The molecule has 2 aliphatic rings. The van der Waals surface area contributed by atoms with E-state index in [1.165, 1.54) is 16.9 Å². The van der Waals surface area contributed by atoms with Gasteiger partial charge in [0, 0.05) is 45.5 Å². The van der Waals surface area contributed by atoms with Crippen LogP contribution in [0.2, 0.25) is 0 Å². The van der Waals surface area contributed by atoms with Gasteiger partial charge in [-0.1, -0.05) is 66.7 Å². The van der Waals surface area contributed by atoms with Gasteiger partial charge in [0.25, 0.3) is 0 Å². The summed E-state index contributed by atoms with van der Waals surface area (Å²) in [5.74, 6) is 0. The average molecular weight is 579 g/mol. The predicted molar refractivity (Wildman–Crippen MR) is 184 cm³/mol. The molecule has 5 heteroatoms. The Hall–Kier alpha value is -5.94. The van der Waals surface area contributed by atoms with E-state index in [0.717, 1.165) is 60.7 Å². The fraction of sp³-hybridized carbons (Fsp3) is 0.0500. The van der Waals surface area contributed by atoms with Gasteiger partial charge >= 0.3 is 0 Å². The largest absolute Gasteiger partial charge is 0.454 e. The Kier molecular flexibility index (Phi) is 5.05. The number of pyridine rings is 1. The molecule has 0 aliphatic carbocycles. The average Bonchev–Trinajstić information content (AvgIpc) is 3.76. The molecular weight excluding hydrogens is 552 g/mol. The summed E-state index contributed by atoms with van der Waals surface area (Å²) in [5, 5.41) is 3.32. The molecule has 10 rings (SSSR count). The maximum absolute atomic E-state index is 6.63. The molecule has 5 aromatic carbocycles. The first-order valence-corrected chi connectivity index (χ1v) is 15.3. The molecule has 5 heterocycles. The second-order valence-corrected chi connectivity index (χ2v) is 11.8. The molecule has 45 heavy (non-hydrogen) atoms. The number of nitrogens with zero attached hydrogens (tertiary/aromatic N) is 4. The van der Waals surface area contributed by atoms with Crippen LogP contribution < -0.4 is 4.90 Å². The highest BCUT2D eigenvalue weighted by atomic mass is 16.3. The number of allylic oxidation sites excluding steroid dienone is 1. The van der Waals surface area contributed by atoms with Crippen LogP contribution in [0.4, 0.5) is 11.4 Å². The molecule has 0 saturated heterocycles. The van der Waals surface area contributed by atoms with E-state index in [1.807, 2.05) is 24.5 Å². The summed E-state index contributed by atoms with van der Waals surface area (Å²) < 4.78 is 8.94. The van der Waals surface area contributed by atoms with Crippen molar-refractivity contribution >= 4 is 61.5 Å². The summed E-state index contributed by atoms with van der Waals surface area (Å²) in [6.07, 6.45) is 8.13. The first kappa shape index (κ1) is 24.5. The van der Waals surface area contributed by atoms with Gasteiger partial charge in [-0.3, -0.25) is 9.98 Å². The zero-order valence-electron chi connectivity index (χ0n) is 24.2. The van der Waals surface area contributed by atoms with Crippen molar-refractivity contribution in [1.82, 2.24) is 9.55 Å². The van der Waals surface area contributed by atoms with E-state index in [-0.39, 0.29) is 12.1 Å². The summed E-state index contributed by atoms with van der Waals surface area (Å²) in [4.78, 5) is 12.2. The van der Waals surface area contributed by atoms with Gasteiger partial charge in [0.2, 0.25) is 0 Å². The fourth-order valence-corrected chi connectivity index (χ4v) is 7.43. The maximum atomic E-state index is 6.63. The Labute approximate surface area is 259 Å². The fourth-order valence-electron chi connectivity index (χ4n) is 7.43. The quantitative estimate of drug-likeness (QED) is 0.210. The highest BCUT2D eigenvalue weighted by molar-refractivity contribution is 6.12. The predicted octanol–water partition coefficient (Wildman–Crippen LogP) is 9.95. The van der Waals surface area contributed by atoms with E-state index in [2.05, 4.69) is 131 Å². The van der Waals surface area contributed by atoms with Crippen molar-refractivity contribution in [2.75, 3.05) is 4.90 Å². The Balaban J connectivity index is 1.24. The highest BCUT2D eigenvalue weighted by Crippen LogP contribution is 2.49. The van der Waals surface area contributed by atoms with E-state index >= 15 is 0 Å². The van der Waals surface area contributed by atoms with Crippen molar-refractivity contribution in [1.29, 1.82) is 0 Å². The van der Waals surface area contributed by atoms with Crippen LogP contribution >= 0.6 is 0 Å². The third-order valence-electron chi connectivity index (χ3n) is 9.36. The van der Waals surface area contributed by atoms with Crippen molar-refractivity contribution in [3.8, 4) is 16.8 Å². The number of aliphatic imine (C=N–C) groups is 1. The van der Waals surface area contributed by atoms with Gasteiger partial charge in [0.05, 0.1) is 28.3 Å². The lowest BCUT2D eigenvalue weighted by atomic mass is 9.96.